The van der Waals surface area contributed by atoms with Gasteiger partial charge in [-0.05, 0) is 6.07 Å². The number of alkyl halides is 2. The van der Waals surface area contributed by atoms with Gasteiger partial charge in [-0.15, -0.1) is 8.78 Å². The van der Waals surface area contributed by atoms with Gasteiger partial charge in [0, 0.05) is 11.8 Å². The first-order valence-corrected chi connectivity index (χ1v) is 8.73. The summed E-state index contributed by atoms with van der Waals surface area (Å²) in [4.78, 5) is 13.8. The van der Waals surface area contributed by atoms with Crippen LogP contribution in [-0.2, 0) is 9.53 Å². The number of nitriles is 1. The highest BCUT2D eigenvalue weighted by Gasteiger charge is 2.49. The second-order valence-corrected chi connectivity index (χ2v) is 6.67. The molecule has 0 saturated carbocycles. The van der Waals surface area contributed by atoms with Crippen molar-refractivity contribution in [1.82, 2.24) is 4.98 Å². The van der Waals surface area contributed by atoms with Gasteiger partial charge in [-0.3, -0.25) is 0 Å². The standard InChI is InChI=1S/C18H14F2N2O9/c19-18(20)30-8-3-1-2-7(13(8)31-18)9-6(4-21)5-22-15(9)29-17-12(25)10(23)11(24)14(28-17)16(26)27/h1-3,5,10-12,14,17,22-25H,(H,26,27)/t10-,11+,12+,14-,17-/m0/s1. The maximum Gasteiger partial charge on any atom is 0.586 e. The summed E-state index contributed by atoms with van der Waals surface area (Å²) >= 11 is 0. The predicted molar refractivity (Wildman–Crippen MR) is 92.1 cm³/mol. The summed E-state index contributed by atoms with van der Waals surface area (Å²) < 4.78 is 46.5. The number of rotatable bonds is 4. The molecule has 13 heteroatoms. The summed E-state index contributed by atoms with van der Waals surface area (Å²) in [6.07, 6.45) is -12.2. The third-order valence-electron chi connectivity index (χ3n) is 4.71. The molecule has 1 fully saturated rings. The maximum absolute atomic E-state index is 13.6. The summed E-state index contributed by atoms with van der Waals surface area (Å²) in [5, 5.41) is 48.4. The summed E-state index contributed by atoms with van der Waals surface area (Å²) in [5.41, 5.74) is -0.157. The van der Waals surface area contributed by atoms with Crippen LogP contribution in [0.15, 0.2) is 24.4 Å². The molecule has 31 heavy (non-hydrogen) atoms. The molecule has 0 unspecified atom stereocenters. The number of aliphatic carboxylic acids is 1. The predicted octanol–water partition coefficient (Wildman–Crippen LogP) is 0.146. The Morgan fingerprint density at radius 3 is 2.61 bits per heavy atom. The first-order valence-electron chi connectivity index (χ1n) is 8.73. The van der Waals surface area contributed by atoms with E-state index in [9.17, 15) is 34.2 Å². The number of H-pyrrole nitrogens is 1. The average Bonchev–Trinajstić information content (AvgIpc) is 3.26. The van der Waals surface area contributed by atoms with Crippen LogP contribution < -0.4 is 14.2 Å². The number of aromatic amines is 1. The molecule has 2 aliphatic rings. The molecule has 2 aliphatic heterocycles. The number of aliphatic hydroxyl groups is 3. The summed E-state index contributed by atoms with van der Waals surface area (Å²) in [6.45, 7) is 0. The van der Waals surface area contributed by atoms with Crippen LogP contribution in [0, 0.1) is 11.3 Å². The Bertz CT molecular complexity index is 1070. The molecule has 0 amide bonds. The number of halogens is 2. The molecule has 1 aromatic carbocycles. The number of aromatic nitrogens is 1. The van der Waals surface area contributed by atoms with E-state index in [0.717, 1.165) is 0 Å². The van der Waals surface area contributed by atoms with Crippen molar-refractivity contribution in [3.05, 3.63) is 30.0 Å². The maximum atomic E-state index is 13.6. The number of nitrogens with one attached hydrogen (secondary N) is 1. The molecule has 0 radical (unpaired) electrons. The van der Waals surface area contributed by atoms with Crippen molar-refractivity contribution in [1.29, 1.82) is 5.26 Å². The van der Waals surface area contributed by atoms with E-state index in [4.69, 9.17) is 14.6 Å². The van der Waals surface area contributed by atoms with Crippen LogP contribution >= 0.6 is 0 Å². The van der Waals surface area contributed by atoms with Crippen molar-refractivity contribution < 1.29 is 52.9 Å². The van der Waals surface area contributed by atoms with Crippen LogP contribution in [0.4, 0.5) is 8.78 Å². The Balaban J connectivity index is 1.72. The van der Waals surface area contributed by atoms with Crippen molar-refractivity contribution in [2.24, 2.45) is 0 Å². The molecule has 0 spiro atoms. The first kappa shape index (κ1) is 20.8. The van der Waals surface area contributed by atoms with Crippen molar-refractivity contribution in [3.63, 3.8) is 0 Å². The molecule has 5 atom stereocenters. The number of carboxylic acid groups (broad SMARTS) is 1. The molecular formula is C18H14F2N2O9. The van der Waals surface area contributed by atoms with Crippen LogP contribution in [0.1, 0.15) is 5.56 Å². The van der Waals surface area contributed by atoms with E-state index in [1.54, 1.807) is 0 Å². The number of hydrogen-bond donors (Lipinski definition) is 5. The lowest BCUT2D eigenvalue weighted by Crippen LogP contribution is -2.61. The molecule has 1 aromatic heterocycles. The number of hydrogen-bond acceptors (Lipinski definition) is 9. The Kier molecular flexibility index (Phi) is 4.94. The van der Waals surface area contributed by atoms with Gasteiger partial charge in [0.25, 0.3) is 0 Å². The molecule has 2 aromatic rings. The van der Waals surface area contributed by atoms with Crippen LogP contribution in [0.3, 0.4) is 0 Å². The zero-order valence-corrected chi connectivity index (χ0v) is 15.2. The number of carboxylic acids is 1. The number of benzene rings is 1. The van der Waals surface area contributed by atoms with Crippen molar-refractivity contribution >= 4 is 5.97 Å². The highest BCUT2D eigenvalue weighted by Crippen LogP contribution is 2.49. The van der Waals surface area contributed by atoms with Gasteiger partial charge in [0.05, 0.1) is 11.1 Å². The molecule has 4 rings (SSSR count). The Labute approximate surface area is 171 Å². The largest absolute Gasteiger partial charge is 0.586 e. The van der Waals surface area contributed by atoms with Gasteiger partial charge in [-0.25, -0.2) is 4.79 Å². The number of aliphatic hydroxyl groups excluding tert-OH is 3. The van der Waals surface area contributed by atoms with E-state index in [1.165, 1.54) is 24.4 Å². The summed E-state index contributed by atoms with van der Waals surface area (Å²) in [7, 11) is 0. The average molecular weight is 440 g/mol. The van der Waals surface area contributed by atoms with Crippen LogP contribution in [-0.4, -0.2) is 68.4 Å². The van der Waals surface area contributed by atoms with Gasteiger partial charge in [0.2, 0.25) is 12.2 Å². The van der Waals surface area contributed by atoms with Crippen LogP contribution in [0.5, 0.6) is 17.4 Å². The monoisotopic (exact) mass is 440 g/mol. The van der Waals surface area contributed by atoms with E-state index in [1.807, 2.05) is 6.07 Å². The molecule has 0 aliphatic carbocycles. The molecule has 3 heterocycles. The van der Waals surface area contributed by atoms with E-state index in [-0.39, 0.29) is 34.1 Å². The highest BCUT2D eigenvalue weighted by atomic mass is 19.3. The second-order valence-electron chi connectivity index (χ2n) is 6.67. The number of fused-ring (bicyclic) bond motifs is 1. The van der Waals surface area contributed by atoms with Crippen LogP contribution in [0.2, 0.25) is 0 Å². The fourth-order valence-electron chi connectivity index (χ4n) is 3.28. The number of ether oxygens (including phenoxy) is 4. The summed E-state index contributed by atoms with van der Waals surface area (Å²) in [6, 6.07) is 5.77. The Morgan fingerprint density at radius 1 is 1.19 bits per heavy atom. The fourth-order valence-corrected chi connectivity index (χ4v) is 3.28. The lowest BCUT2D eigenvalue weighted by Gasteiger charge is -2.38. The molecule has 0 bridgehead atoms. The topological polar surface area (TPSA) is 174 Å². The Morgan fingerprint density at radius 2 is 1.94 bits per heavy atom. The fraction of sp³-hybridized carbons (Fsp3) is 0.333. The minimum Gasteiger partial charge on any atom is -0.479 e. The van der Waals surface area contributed by atoms with E-state index >= 15 is 0 Å². The molecule has 11 nitrogen and oxygen atoms in total. The van der Waals surface area contributed by atoms with Crippen molar-refractivity contribution in [2.45, 2.75) is 37.0 Å². The quantitative estimate of drug-likeness (QED) is 0.440. The first-order chi connectivity index (χ1) is 14.6. The number of nitrogens with zero attached hydrogens (tertiary/aromatic N) is 1. The van der Waals surface area contributed by atoms with E-state index in [0.29, 0.717) is 0 Å². The third kappa shape index (κ3) is 3.51. The third-order valence-corrected chi connectivity index (χ3v) is 4.71. The molecule has 5 N–H and O–H groups in total. The minimum atomic E-state index is -3.93. The molecule has 1 saturated heterocycles. The Hall–Kier alpha value is -3.44. The minimum absolute atomic E-state index is 0.0249. The van der Waals surface area contributed by atoms with Gasteiger partial charge in [-0.2, -0.15) is 5.26 Å². The van der Waals surface area contributed by atoms with Crippen molar-refractivity contribution in [2.75, 3.05) is 0 Å². The van der Waals surface area contributed by atoms with E-state index in [2.05, 4.69) is 14.5 Å². The normalized spacial score (nSPS) is 28.7. The van der Waals surface area contributed by atoms with Gasteiger partial charge in [0.1, 0.15) is 24.4 Å². The van der Waals surface area contributed by atoms with Crippen molar-refractivity contribution in [3.8, 4) is 34.6 Å². The number of carbonyl (C=O) groups is 1. The van der Waals surface area contributed by atoms with Gasteiger partial charge < -0.3 is 44.4 Å². The lowest BCUT2D eigenvalue weighted by molar-refractivity contribution is -0.286. The smallest absolute Gasteiger partial charge is 0.479 e. The lowest BCUT2D eigenvalue weighted by atomic mass is 9.99. The van der Waals surface area contributed by atoms with Gasteiger partial charge in [0.15, 0.2) is 17.6 Å². The molecule has 164 valence electrons. The SMILES string of the molecule is N#Cc1c[nH]c(O[C@@H]2O[C@H](C(=O)O)[C@H](O)[C@H](O)[C@H]2O)c1-c1cccc2c1OC(F)(F)O2. The zero-order chi connectivity index (χ0) is 22.5. The van der Waals surface area contributed by atoms with Gasteiger partial charge >= 0.3 is 12.3 Å². The highest BCUT2D eigenvalue weighted by molar-refractivity contribution is 5.82. The van der Waals surface area contributed by atoms with Gasteiger partial charge in [-0.1, -0.05) is 12.1 Å². The summed E-state index contributed by atoms with van der Waals surface area (Å²) in [5.74, 6) is -2.57. The zero-order valence-electron chi connectivity index (χ0n) is 15.2. The van der Waals surface area contributed by atoms with Crippen LogP contribution in [0.25, 0.3) is 11.1 Å². The molecular weight excluding hydrogens is 426 g/mol. The van der Waals surface area contributed by atoms with E-state index < -0.39 is 43.0 Å². The second kappa shape index (κ2) is 7.36. The number of para-hydroxylation sites is 1.